The lowest BCUT2D eigenvalue weighted by Gasteiger charge is -2.16. The Balaban J connectivity index is 2.35. The quantitative estimate of drug-likeness (QED) is 0.463. The van der Waals surface area contributed by atoms with Crippen molar-refractivity contribution in [2.24, 2.45) is 0 Å². The fraction of sp³-hybridized carbons (Fsp3) is 0.471. The molecule has 0 amide bonds. The highest BCUT2D eigenvalue weighted by Crippen LogP contribution is 2.42. The normalized spacial score (nSPS) is 10.3. The van der Waals surface area contributed by atoms with Crippen molar-refractivity contribution >= 4 is 11.8 Å². The molecular formula is C17H21N3O4S. The first kappa shape index (κ1) is 18.9. The third-order valence-electron chi connectivity index (χ3n) is 3.00. The van der Waals surface area contributed by atoms with Crippen molar-refractivity contribution in [3.05, 3.63) is 12.1 Å². The van der Waals surface area contributed by atoms with Crippen molar-refractivity contribution < 1.29 is 18.6 Å². The van der Waals surface area contributed by atoms with Gasteiger partial charge in [-0.15, -0.1) is 10.2 Å². The van der Waals surface area contributed by atoms with Gasteiger partial charge in [0, 0.05) is 17.7 Å². The Hall–Kier alpha value is -2.40. The Morgan fingerprint density at radius 3 is 2.24 bits per heavy atom. The van der Waals surface area contributed by atoms with Crippen LogP contribution in [-0.4, -0.2) is 35.8 Å². The number of benzene rings is 1. The minimum atomic E-state index is 0.365. The molecule has 0 radical (unpaired) electrons. The van der Waals surface area contributed by atoms with Crippen LogP contribution >= 0.6 is 11.8 Å². The summed E-state index contributed by atoms with van der Waals surface area (Å²) >= 11 is 1.35. The van der Waals surface area contributed by atoms with E-state index in [2.05, 4.69) is 16.3 Å². The third kappa shape index (κ3) is 5.03. The summed E-state index contributed by atoms with van der Waals surface area (Å²) in [5, 5.41) is 17.1. The van der Waals surface area contributed by atoms with Crippen LogP contribution in [0.4, 0.5) is 0 Å². The lowest BCUT2D eigenvalue weighted by molar-refractivity contribution is 0.261. The zero-order valence-corrected chi connectivity index (χ0v) is 15.4. The van der Waals surface area contributed by atoms with Crippen molar-refractivity contribution in [1.29, 1.82) is 5.26 Å². The van der Waals surface area contributed by atoms with Gasteiger partial charge >= 0.3 is 0 Å². The highest BCUT2D eigenvalue weighted by atomic mass is 32.2. The van der Waals surface area contributed by atoms with Gasteiger partial charge in [-0.25, -0.2) is 0 Å². The predicted molar refractivity (Wildman–Crippen MR) is 94.2 cm³/mol. The summed E-state index contributed by atoms with van der Waals surface area (Å²) < 4.78 is 22.7. The smallest absolute Gasteiger partial charge is 0.276 e. The predicted octanol–water partition coefficient (Wildman–Crippen LogP) is 3.94. The van der Waals surface area contributed by atoms with Gasteiger partial charge in [0.25, 0.3) is 5.22 Å². The van der Waals surface area contributed by atoms with Gasteiger partial charge in [0.05, 0.1) is 25.9 Å². The second kappa shape index (κ2) is 9.79. The van der Waals surface area contributed by atoms with Crippen LogP contribution in [0.3, 0.4) is 0 Å². The molecule has 0 spiro atoms. The van der Waals surface area contributed by atoms with Gasteiger partial charge in [-0.2, -0.15) is 5.26 Å². The maximum atomic E-state index is 8.59. The number of thioether (sulfide) groups is 1. The summed E-state index contributed by atoms with van der Waals surface area (Å²) in [4.78, 5) is 0. The number of nitriles is 1. The van der Waals surface area contributed by atoms with Crippen molar-refractivity contribution in [3.63, 3.8) is 0 Å². The van der Waals surface area contributed by atoms with Crippen molar-refractivity contribution in [3.8, 4) is 34.8 Å². The molecule has 1 aromatic carbocycles. The zero-order valence-electron chi connectivity index (χ0n) is 14.6. The molecule has 2 rings (SSSR count). The van der Waals surface area contributed by atoms with Crippen LogP contribution in [0.1, 0.15) is 27.2 Å². The Bertz CT molecular complexity index is 700. The Morgan fingerprint density at radius 2 is 1.68 bits per heavy atom. The molecule has 0 aliphatic rings. The first-order valence-electron chi connectivity index (χ1n) is 8.13. The molecule has 0 bridgehead atoms. The Morgan fingerprint density at radius 1 is 1.04 bits per heavy atom. The van der Waals surface area contributed by atoms with Gasteiger partial charge in [-0.1, -0.05) is 11.8 Å². The SMILES string of the molecule is CCOc1cc(-c2nnc(SCCC#N)o2)cc(OCC)c1OCC. The molecule has 0 saturated heterocycles. The summed E-state index contributed by atoms with van der Waals surface area (Å²) in [6, 6.07) is 5.68. The van der Waals surface area contributed by atoms with Crippen molar-refractivity contribution in [1.82, 2.24) is 10.2 Å². The van der Waals surface area contributed by atoms with Gasteiger partial charge in [-0.05, 0) is 32.9 Å². The lowest BCUT2D eigenvalue weighted by Crippen LogP contribution is -2.03. The number of rotatable bonds is 10. The minimum Gasteiger partial charge on any atom is -0.490 e. The Labute approximate surface area is 151 Å². The van der Waals surface area contributed by atoms with Crippen molar-refractivity contribution in [2.75, 3.05) is 25.6 Å². The monoisotopic (exact) mass is 363 g/mol. The second-order valence-electron chi connectivity index (χ2n) is 4.73. The molecule has 7 nitrogen and oxygen atoms in total. The van der Waals surface area contributed by atoms with Gasteiger partial charge < -0.3 is 18.6 Å². The topological polar surface area (TPSA) is 90.4 Å². The van der Waals surface area contributed by atoms with E-state index >= 15 is 0 Å². The summed E-state index contributed by atoms with van der Waals surface area (Å²) in [5.74, 6) is 2.68. The van der Waals surface area contributed by atoms with Gasteiger partial charge in [0.15, 0.2) is 11.5 Å². The van der Waals surface area contributed by atoms with E-state index in [0.29, 0.717) is 65.9 Å². The minimum absolute atomic E-state index is 0.365. The second-order valence-corrected chi connectivity index (χ2v) is 5.78. The molecule has 2 aromatic rings. The molecule has 0 atom stereocenters. The number of nitrogens with zero attached hydrogens (tertiary/aromatic N) is 3. The van der Waals surface area contributed by atoms with Crippen LogP contribution in [0.5, 0.6) is 17.2 Å². The fourth-order valence-corrected chi connectivity index (χ4v) is 2.69. The van der Waals surface area contributed by atoms with E-state index in [1.165, 1.54) is 11.8 Å². The Kier molecular flexibility index (Phi) is 7.41. The maximum absolute atomic E-state index is 8.59. The first-order valence-corrected chi connectivity index (χ1v) is 9.12. The van der Waals surface area contributed by atoms with E-state index in [-0.39, 0.29) is 0 Å². The van der Waals surface area contributed by atoms with Gasteiger partial charge in [-0.3, -0.25) is 0 Å². The standard InChI is InChI=1S/C17H21N3O4S/c1-4-21-13-10-12(11-14(22-5-2)15(13)23-6-3)16-19-20-17(24-16)25-9-7-8-18/h10-11H,4-7,9H2,1-3H3. The zero-order chi connectivity index (χ0) is 18.1. The van der Waals surface area contributed by atoms with E-state index in [1.54, 1.807) is 12.1 Å². The highest BCUT2D eigenvalue weighted by Gasteiger charge is 2.18. The molecule has 0 unspecified atom stereocenters. The summed E-state index contributed by atoms with van der Waals surface area (Å²) in [6.07, 6.45) is 0.425. The number of ether oxygens (including phenoxy) is 3. The average Bonchev–Trinajstić information content (AvgIpc) is 3.07. The molecule has 0 saturated carbocycles. The van der Waals surface area contributed by atoms with Crippen LogP contribution in [0.2, 0.25) is 0 Å². The van der Waals surface area contributed by atoms with Crippen LogP contribution in [0.15, 0.2) is 21.8 Å². The van der Waals surface area contributed by atoms with E-state index in [9.17, 15) is 0 Å². The maximum Gasteiger partial charge on any atom is 0.276 e. The summed E-state index contributed by atoms with van der Waals surface area (Å²) in [5.41, 5.74) is 0.690. The van der Waals surface area contributed by atoms with E-state index in [0.717, 1.165) is 0 Å². The number of hydrogen-bond donors (Lipinski definition) is 0. The van der Waals surface area contributed by atoms with E-state index in [4.69, 9.17) is 23.9 Å². The molecular weight excluding hydrogens is 342 g/mol. The number of aromatic nitrogens is 2. The molecule has 0 aliphatic carbocycles. The van der Waals surface area contributed by atoms with Gasteiger partial charge in [0.1, 0.15) is 0 Å². The van der Waals surface area contributed by atoms with Crippen LogP contribution in [0, 0.1) is 11.3 Å². The molecule has 8 heteroatoms. The molecule has 0 N–H and O–H groups in total. The first-order chi connectivity index (χ1) is 12.2. The average molecular weight is 363 g/mol. The van der Waals surface area contributed by atoms with Crippen LogP contribution in [-0.2, 0) is 0 Å². The lowest BCUT2D eigenvalue weighted by atomic mass is 10.2. The molecule has 0 fully saturated rings. The molecule has 25 heavy (non-hydrogen) atoms. The van der Waals surface area contributed by atoms with Crippen LogP contribution < -0.4 is 14.2 Å². The molecule has 1 heterocycles. The largest absolute Gasteiger partial charge is 0.490 e. The summed E-state index contributed by atoms with van der Waals surface area (Å²) in [6.45, 7) is 7.20. The fourth-order valence-electron chi connectivity index (χ4n) is 2.08. The number of hydrogen-bond acceptors (Lipinski definition) is 8. The van der Waals surface area contributed by atoms with Crippen molar-refractivity contribution in [2.45, 2.75) is 32.4 Å². The van der Waals surface area contributed by atoms with Crippen LogP contribution in [0.25, 0.3) is 11.5 Å². The van der Waals surface area contributed by atoms with E-state index in [1.807, 2.05) is 20.8 Å². The highest BCUT2D eigenvalue weighted by molar-refractivity contribution is 7.99. The third-order valence-corrected chi connectivity index (χ3v) is 3.82. The van der Waals surface area contributed by atoms with E-state index < -0.39 is 0 Å². The van der Waals surface area contributed by atoms with Gasteiger partial charge in [0.2, 0.25) is 11.6 Å². The molecule has 1 aromatic heterocycles. The summed E-state index contributed by atoms with van der Waals surface area (Å²) in [7, 11) is 0. The molecule has 0 aliphatic heterocycles. The molecule has 134 valence electrons.